The Morgan fingerprint density at radius 1 is 1.20 bits per heavy atom. The second kappa shape index (κ2) is 8.57. The predicted octanol–water partition coefficient (Wildman–Crippen LogP) is 3.57. The van der Waals surface area contributed by atoms with Crippen LogP contribution in [0.15, 0.2) is 12.1 Å². The molecule has 136 valence electrons. The van der Waals surface area contributed by atoms with Gasteiger partial charge < -0.3 is 14.8 Å². The van der Waals surface area contributed by atoms with Gasteiger partial charge in [-0.05, 0) is 58.2 Å². The summed E-state index contributed by atoms with van der Waals surface area (Å²) < 4.78 is 10.5. The van der Waals surface area contributed by atoms with Gasteiger partial charge in [-0.25, -0.2) is 9.59 Å². The van der Waals surface area contributed by atoms with Crippen molar-refractivity contribution in [3.63, 3.8) is 0 Å². The van der Waals surface area contributed by atoms with Crippen molar-refractivity contribution in [3.8, 4) is 12.3 Å². The summed E-state index contributed by atoms with van der Waals surface area (Å²) in [4.78, 5) is 24.2. The highest BCUT2D eigenvalue weighted by Crippen LogP contribution is 2.17. The first-order chi connectivity index (χ1) is 11.5. The summed E-state index contributed by atoms with van der Waals surface area (Å²) in [7, 11) is 0. The molecule has 25 heavy (non-hydrogen) atoms. The van der Waals surface area contributed by atoms with Crippen LogP contribution in [0.25, 0.3) is 0 Å². The molecule has 1 atom stereocenters. The Hall–Kier alpha value is -2.48. The lowest BCUT2D eigenvalue weighted by atomic mass is 10.0. The first-order valence-electron chi connectivity index (χ1n) is 8.20. The van der Waals surface area contributed by atoms with Gasteiger partial charge in [0.2, 0.25) is 0 Å². The third kappa shape index (κ3) is 6.88. The number of rotatable bonds is 5. The molecular weight excluding hydrogens is 318 g/mol. The van der Waals surface area contributed by atoms with E-state index in [1.807, 2.05) is 32.9 Å². The largest absolute Gasteiger partial charge is 0.459 e. The third-order valence-corrected chi connectivity index (χ3v) is 3.50. The highest BCUT2D eigenvalue weighted by molar-refractivity contribution is 5.81. The molecule has 1 aromatic rings. The van der Waals surface area contributed by atoms with Gasteiger partial charge in [-0.1, -0.05) is 17.7 Å². The van der Waals surface area contributed by atoms with Crippen LogP contribution in [0.5, 0.6) is 0 Å². The maximum Gasteiger partial charge on any atom is 0.408 e. The van der Waals surface area contributed by atoms with Gasteiger partial charge in [0.15, 0.2) is 0 Å². The van der Waals surface area contributed by atoms with E-state index in [-0.39, 0.29) is 13.0 Å². The highest BCUT2D eigenvalue weighted by atomic mass is 16.6. The van der Waals surface area contributed by atoms with Crippen molar-refractivity contribution in [3.05, 3.63) is 34.4 Å². The lowest BCUT2D eigenvalue weighted by molar-refractivity contribution is -0.147. The molecule has 0 aliphatic heterocycles. The van der Waals surface area contributed by atoms with Crippen LogP contribution >= 0.6 is 0 Å². The quantitative estimate of drug-likeness (QED) is 0.654. The van der Waals surface area contributed by atoms with Crippen LogP contribution in [-0.4, -0.2) is 23.7 Å². The SMILES string of the molecule is C#CCC(NC(=O)OC(C)(C)C)C(=O)OCc1c(C)cc(C)cc1C. The maximum atomic E-state index is 12.3. The molecule has 0 saturated heterocycles. The lowest BCUT2D eigenvalue weighted by Crippen LogP contribution is -2.44. The summed E-state index contributed by atoms with van der Waals surface area (Å²) in [6.07, 6.45) is 4.62. The second-order valence-corrected chi connectivity index (χ2v) is 7.09. The van der Waals surface area contributed by atoms with Crippen LogP contribution < -0.4 is 5.32 Å². The number of aryl methyl sites for hydroxylation is 3. The third-order valence-electron chi connectivity index (χ3n) is 3.50. The first kappa shape index (κ1) is 20.6. The zero-order chi connectivity index (χ0) is 19.2. The van der Waals surface area contributed by atoms with Gasteiger partial charge in [0, 0.05) is 6.42 Å². The number of amides is 1. The van der Waals surface area contributed by atoms with Crippen molar-refractivity contribution >= 4 is 12.1 Å². The maximum absolute atomic E-state index is 12.3. The van der Waals surface area contributed by atoms with Gasteiger partial charge in [0.1, 0.15) is 18.2 Å². The Morgan fingerprint density at radius 2 is 1.76 bits per heavy atom. The lowest BCUT2D eigenvalue weighted by Gasteiger charge is -2.22. The molecule has 1 rings (SSSR count). The molecule has 5 heteroatoms. The zero-order valence-corrected chi connectivity index (χ0v) is 15.9. The van der Waals surface area contributed by atoms with Gasteiger partial charge >= 0.3 is 12.1 Å². The number of ether oxygens (including phenoxy) is 2. The number of hydrogen-bond acceptors (Lipinski definition) is 4. The molecule has 0 heterocycles. The Morgan fingerprint density at radius 3 is 2.24 bits per heavy atom. The average molecular weight is 345 g/mol. The summed E-state index contributed by atoms with van der Waals surface area (Å²) in [6, 6.07) is 3.13. The molecule has 0 saturated carbocycles. The number of carbonyl (C=O) groups excluding carboxylic acids is 2. The van der Waals surface area contributed by atoms with Gasteiger partial charge in [0.05, 0.1) is 0 Å². The summed E-state index contributed by atoms with van der Waals surface area (Å²) in [5, 5.41) is 2.47. The van der Waals surface area contributed by atoms with Crippen molar-refractivity contribution in [2.24, 2.45) is 0 Å². The van der Waals surface area contributed by atoms with E-state index in [1.54, 1.807) is 20.8 Å². The van der Waals surface area contributed by atoms with Crippen LogP contribution in [0.4, 0.5) is 4.79 Å². The van der Waals surface area contributed by atoms with Crippen LogP contribution in [0, 0.1) is 33.1 Å². The molecule has 0 spiro atoms. The molecular formula is C20H27NO4. The normalized spacial score (nSPS) is 12.0. The van der Waals surface area contributed by atoms with Crippen molar-refractivity contribution in [2.45, 2.75) is 66.2 Å². The molecule has 5 nitrogen and oxygen atoms in total. The van der Waals surface area contributed by atoms with E-state index in [0.717, 1.165) is 22.3 Å². The number of benzene rings is 1. The van der Waals surface area contributed by atoms with E-state index in [4.69, 9.17) is 15.9 Å². The number of esters is 1. The minimum atomic E-state index is -0.939. The standard InChI is InChI=1S/C20H27NO4/c1-8-9-17(21-19(23)25-20(5,6)7)18(22)24-12-16-14(3)10-13(2)11-15(16)4/h1,10-11,17H,9,12H2,2-7H3,(H,21,23). The molecule has 0 aromatic heterocycles. The van der Waals surface area contributed by atoms with Crippen LogP contribution in [0.1, 0.15) is 49.4 Å². The zero-order valence-electron chi connectivity index (χ0n) is 15.9. The van der Waals surface area contributed by atoms with Crippen LogP contribution in [-0.2, 0) is 20.9 Å². The van der Waals surface area contributed by atoms with E-state index < -0.39 is 23.7 Å². The molecule has 0 bridgehead atoms. The molecule has 1 aromatic carbocycles. The fourth-order valence-corrected chi connectivity index (χ4v) is 2.44. The van der Waals surface area contributed by atoms with E-state index in [0.29, 0.717) is 0 Å². The van der Waals surface area contributed by atoms with Gasteiger partial charge in [0.25, 0.3) is 0 Å². The molecule has 1 amide bonds. The Bertz CT molecular complexity index is 657. The molecule has 1 unspecified atom stereocenters. The molecule has 0 radical (unpaired) electrons. The Labute approximate surface area is 150 Å². The molecule has 0 aliphatic carbocycles. The van der Waals surface area contributed by atoms with Gasteiger partial charge in [-0.2, -0.15) is 0 Å². The summed E-state index contributed by atoms with van der Waals surface area (Å²) in [5.74, 6) is 1.79. The van der Waals surface area contributed by atoms with Crippen LogP contribution in [0.2, 0.25) is 0 Å². The molecule has 0 aliphatic rings. The highest BCUT2D eigenvalue weighted by Gasteiger charge is 2.25. The summed E-state index contributed by atoms with van der Waals surface area (Å²) >= 11 is 0. The fourth-order valence-electron chi connectivity index (χ4n) is 2.44. The monoisotopic (exact) mass is 345 g/mol. The van der Waals surface area contributed by atoms with E-state index >= 15 is 0 Å². The number of alkyl carbamates (subject to hydrolysis) is 1. The van der Waals surface area contributed by atoms with E-state index in [2.05, 4.69) is 11.2 Å². The Balaban J connectivity index is 2.75. The van der Waals surface area contributed by atoms with Crippen molar-refractivity contribution in [1.82, 2.24) is 5.32 Å². The van der Waals surface area contributed by atoms with E-state index in [9.17, 15) is 9.59 Å². The van der Waals surface area contributed by atoms with Gasteiger partial charge in [-0.3, -0.25) is 0 Å². The van der Waals surface area contributed by atoms with Gasteiger partial charge in [-0.15, -0.1) is 12.3 Å². The smallest absolute Gasteiger partial charge is 0.408 e. The van der Waals surface area contributed by atoms with Crippen LogP contribution in [0.3, 0.4) is 0 Å². The van der Waals surface area contributed by atoms with Crippen molar-refractivity contribution < 1.29 is 19.1 Å². The average Bonchev–Trinajstić information content (AvgIpc) is 2.43. The Kier molecular flexibility index (Phi) is 7.05. The number of terminal acetylenes is 1. The van der Waals surface area contributed by atoms with Crippen molar-refractivity contribution in [1.29, 1.82) is 0 Å². The minimum Gasteiger partial charge on any atom is -0.459 e. The predicted molar refractivity (Wildman–Crippen MR) is 97.1 cm³/mol. The summed E-state index contributed by atoms with van der Waals surface area (Å²) in [5.41, 5.74) is 3.56. The number of carbonyl (C=O) groups is 2. The number of hydrogen-bond donors (Lipinski definition) is 1. The molecule has 1 N–H and O–H groups in total. The number of nitrogens with one attached hydrogen (secondary N) is 1. The topological polar surface area (TPSA) is 64.6 Å². The fraction of sp³-hybridized carbons (Fsp3) is 0.500. The first-order valence-corrected chi connectivity index (χ1v) is 8.20. The summed E-state index contributed by atoms with van der Waals surface area (Å²) in [6.45, 7) is 11.3. The second-order valence-electron chi connectivity index (χ2n) is 7.09. The van der Waals surface area contributed by atoms with Crippen molar-refractivity contribution in [2.75, 3.05) is 0 Å². The molecule has 0 fully saturated rings. The van der Waals surface area contributed by atoms with E-state index in [1.165, 1.54) is 0 Å². The minimum absolute atomic E-state index is 0.0317.